The molecular weight excluding hydrogens is 436 g/mol. The molecule has 4 rings (SSSR count). The predicted octanol–water partition coefficient (Wildman–Crippen LogP) is 2.32. The summed E-state index contributed by atoms with van der Waals surface area (Å²) in [4.78, 5) is 37.0. The van der Waals surface area contributed by atoms with Crippen molar-refractivity contribution >= 4 is 34.2 Å². The monoisotopic (exact) mass is 456 g/mol. The number of carboxylic acids is 1. The van der Waals surface area contributed by atoms with Crippen molar-refractivity contribution in [3.63, 3.8) is 0 Å². The van der Waals surface area contributed by atoms with Crippen LogP contribution in [0.1, 0.15) is 41.2 Å². The number of anilines is 2. The number of alkyl halides is 3. The first kappa shape index (κ1) is 21.9. The van der Waals surface area contributed by atoms with Gasteiger partial charge in [-0.2, -0.15) is 13.2 Å². The summed E-state index contributed by atoms with van der Waals surface area (Å²) >= 11 is 0. The molecule has 1 aromatic heterocycles. The summed E-state index contributed by atoms with van der Waals surface area (Å²) < 4.78 is 54.6. The number of aromatic carboxylic acids is 1. The summed E-state index contributed by atoms with van der Waals surface area (Å²) in [6.07, 6.45) is -2.14. The highest BCUT2D eigenvalue weighted by atomic mass is 19.4. The van der Waals surface area contributed by atoms with E-state index in [9.17, 15) is 32.7 Å². The third-order valence-electron chi connectivity index (χ3n) is 5.93. The molecule has 1 amide bonds. The molecular formula is C20H20F4N4O4. The molecule has 1 aliphatic carbocycles. The van der Waals surface area contributed by atoms with E-state index in [2.05, 4.69) is 0 Å². The number of hydrogen-bond donors (Lipinski definition) is 3. The zero-order valence-electron chi connectivity index (χ0n) is 16.9. The maximum atomic E-state index is 15.4. The Kier molecular flexibility index (Phi) is 5.05. The van der Waals surface area contributed by atoms with Crippen LogP contribution in [0.15, 0.2) is 11.0 Å². The van der Waals surface area contributed by atoms with E-state index < -0.39 is 46.6 Å². The van der Waals surface area contributed by atoms with E-state index >= 15 is 4.39 Å². The zero-order valence-corrected chi connectivity index (χ0v) is 16.9. The number of benzene rings is 1. The predicted molar refractivity (Wildman–Crippen MR) is 107 cm³/mol. The van der Waals surface area contributed by atoms with E-state index in [1.807, 2.05) is 5.32 Å². The van der Waals surface area contributed by atoms with Gasteiger partial charge in [-0.1, -0.05) is 0 Å². The minimum atomic E-state index is -5.02. The van der Waals surface area contributed by atoms with Gasteiger partial charge >= 0.3 is 18.1 Å². The Labute approximate surface area is 178 Å². The normalized spacial score (nSPS) is 18.9. The van der Waals surface area contributed by atoms with Gasteiger partial charge in [0.05, 0.1) is 22.3 Å². The van der Waals surface area contributed by atoms with Crippen LogP contribution in [-0.2, 0) is 4.79 Å². The highest BCUT2D eigenvalue weighted by Gasteiger charge is 2.41. The second-order valence-electron chi connectivity index (χ2n) is 8.14. The Bertz CT molecular complexity index is 1200. The van der Waals surface area contributed by atoms with Gasteiger partial charge in [-0.15, -0.1) is 0 Å². The fourth-order valence-electron chi connectivity index (χ4n) is 4.30. The van der Waals surface area contributed by atoms with Crippen molar-refractivity contribution in [1.29, 1.82) is 0 Å². The van der Waals surface area contributed by atoms with E-state index in [0.29, 0.717) is 11.1 Å². The fourth-order valence-corrected chi connectivity index (χ4v) is 4.30. The highest BCUT2D eigenvalue weighted by molar-refractivity contribution is 6.01. The molecule has 0 bridgehead atoms. The van der Waals surface area contributed by atoms with Crippen LogP contribution in [0.2, 0.25) is 0 Å². The van der Waals surface area contributed by atoms with Crippen molar-refractivity contribution < 1.29 is 32.3 Å². The van der Waals surface area contributed by atoms with Crippen LogP contribution in [-0.4, -0.2) is 46.9 Å². The van der Waals surface area contributed by atoms with Gasteiger partial charge in [-0.3, -0.25) is 9.59 Å². The van der Waals surface area contributed by atoms with Crippen LogP contribution in [0, 0.1) is 12.7 Å². The molecule has 172 valence electrons. The number of aryl methyl sites for hydroxylation is 1. The molecule has 2 aromatic rings. The van der Waals surface area contributed by atoms with Gasteiger partial charge < -0.3 is 25.6 Å². The summed E-state index contributed by atoms with van der Waals surface area (Å²) in [5.41, 5.74) is 4.70. The molecule has 32 heavy (non-hydrogen) atoms. The third kappa shape index (κ3) is 3.53. The van der Waals surface area contributed by atoms with Crippen molar-refractivity contribution in [3.05, 3.63) is 33.4 Å². The standard InChI is InChI=1S/C20H20F4N4O4/c1-8-15-12(17(29)11(18(30)31)7-28(15)10-2-3-10)14(25)13(21)16(8)27-5-4-9(6-27)26-19(32)20(22,23)24/h7,9-10H,2-6,25H2,1H3,(H,26,32)(H,30,31). The summed E-state index contributed by atoms with van der Waals surface area (Å²) in [5.74, 6) is -4.46. The van der Waals surface area contributed by atoms with Gasteiger partial charge in [0.15, 0.2) is 5.82 Å². The van der Waals surface area contributed by atoms with Gasteiger partial charge in [-0.05, 0) is 31.7 Å². The molecule has 1 unspecified atom stereocenters. The number of hydrogen-bond acceptors (Lipinski definition) is 5. The van der Waals surface area contributed by atoms with E-state index in [1.165, 1.54) is 11.1 Å². The van der Waals surface area contributed by atoms with Gasteiger partial charge in [0.2, 0.25) is 5.43 Å². The van der Waals surface area contributed by atoms with Crippen LogP contribution in [0.5, 0.6) is 0 Å². The molecule has 0 radical (unpaired) electrons. The quantitative estimate of drug-likeness (QED) is 0.480. The molecule has 1 aliphatic heterocycles. The number of nitrogens with zero attached hydrogens (tertiary/aromatic N) is 2. The third-order valence-corrected chi connectivity index (χ3v) is 5.93. The molecule has 0 spiro atoms. The summed E-state index contributed by atoms with van der Waals surface area (Å²) in [5, 5.41) is 11.1. The second kappa shape index (κ2) is 7.38. The Balaban J connectivity index is 1.82. The Hall–Kier alpha value is -3.31. The average Bonchev–Trinajstić information content (AvgIpc) is 3.45. The number of nitrogens with two attached hydrogens (primary N) is 1. The Morgan fingerprint density at radius 3 is 2.47 bits per heavy atom. The molecule has 8 nitrogen and oxygen atoms in total. The lowest BCUT2D eigenvalue weighted by Gasteiger charge is -2.25. The first-order valence-electron chi connectivity index (χ1n) is 9.94. The summed E-state index contributed by atoms with van der Waals surface area (Å²) in [6.45, 7) is 1.64. The molecule has 1 saturated heterocycles. The minimum absolute atomic E-state index is 0.0237. The Morgan fingerprint density at radius 2 is 1.91 bits per heavy atom. The number of carbonyl (C=O) groups is 2. The van der Waals surface area contributed by atoms with Crippen LogP contribution in [0.25, 0.3) is 10.9 Å². The van der Waals surface area contributed by atoms with Gasteiger partial charge in [0, 0.05) is 31.4 Å². The number of amides is 1. The maximum Gasteiger partial charge on any atom is 0.471 e. The molecule has 2 heterocycles. The average molecular weight is 456 g/mol. The first-order chi connectivity index (χ1) is 14.9. The number of pyridine rings is 1. The molecule has 2 aliphatic rings. The molecule has 1 aromatic carbocycles. The number of halogens is 4. The largest absolute Gasteiger partial charge is 0.477 e. The van der Waals surface area contributed by atoms with Gasteiger partial charge in [0.25, 0.3) is 0 Å². The van der Waals surface area contributed by atoms with E-state index in [0.717, 1.165) is 12.8 Å². The lowest BCUT2D eigenvalue weighted by Crippen LogP contribution is -2.44. The molecule has 1 atom stereocenters. The summed E-state index contributed by atoms with van der Waals surface area (Å²) in [6, 6.07) is -0.912. The zero-order chi connectivity index (χ0) is 23.5. The van der Waals surface area contributed by atoms with Crippen molar-refractivity contribution in [2.45, 2.75) is 44.4 Å². The van der Waals surface area contributed by atoms with Crippen molar-refractivity contribution in [2.24, 2.45) is 0 Å². The van der Waals surface area contributed by atoms with Crippen LogP contribution in [0.4, 0.5) is 28.9 Å². The number of nitrogen functional groups attached to an aromatic ring is 1. The number of nitrogens with one attached hydrogen (secondary N) is 1. The molecule has 2 fully saturated rings. The Morgan fingerprint density at radius 1 is 1.25 bits per heavy atom. The van der Waals surface area contributed by atoms with Crippen LogP contribution >= 0.6 is 0 Å². The number of fused-ring (bicyclic) bond motifs is 1. The number of aromatic nitrogens is 1. The molecule has 4 N–H and O–H groups in total. The minimum Gasteiger partial charge on any atom is -0.477 e. The number of rotatable bonds is 4. The second-order valence-corrected chi connectivity index (χ2v) is 8.14. The topological polar surface area (TPSA) is 118 Å². The molecule has 12 heteroatoms. The first-order valence-corrected chi connectivity index (χ1v) is 9.94. The fraction of sp³-hybridized carbons (Fsp3) is 0.450. The van der Waals surface area contributed by atoms with Crippen molar-refractivity contribution in [2.75, 3.05) is 23.7 Å². The number of carbonyl (C=O) groups excluding carboxylic acids is 1. The molecule has 1 saturated carbocycles. The summed E-state index contributed by atoms with van der Waals surface area (Å²) in [7, 11) is 0. The van der Waals surface area contributed by atoms with E-state index in [-0.39, 0.29) is 36.6 Å². The lowest BCUT2D eigenvalue weighted by atomic mass is 10.0. The van der Waals surface area contributed by atoms with Gasteiger partial charge in [-0.25, -0.2) is 9.18 Å². The van der Waals surface area contributed by atoms with Crippen molar-refractivity contribution in [3.8, 4) is 0 Å². The maximum absolute atomic E-state index is 15.4. The van der Waals surface area contributed by atoms with E-state index in [4.69, 9.17) is 5.73 Å². The highest BCUT2D eigenvalue weighted by Crippen LogP contribution is 2.42. The number of carboxylic acid groups (broad SMARTS) is 1. The SMILES string of the molecule is Cc1c(N2CCC(NC(=O)C(F)(F)F)C2)c(F)c(N)c2c(=O)c(C(=O)O)cn(C3CC3)c12. The smallest absolute Gasteiger partial charge is 0.471 e. The lowest BCUT2D eigenvalue weighted by molar-refractivity contribution is -0.174. The van der Waals surface area contributed by atoms with Gasteiger partial charge in [0.1, 0.15) is 5.56 Å². The van der Waals surface area contributed by atoms with Crippen LogP contribution in [0.3, 0.4) is 0 Å². The van der Waals surface area contributed by atoms with E-state index in [1.54, 1.807) is 11.5 Å². The van der Waals surface area contributed by atoms with Crippen molar-refractivity contribution in [1.82, 2.24) is 9.88 Å². The van der Waals surface area contributed by atoms with Crippen LogP contribution < -0.4 is 21.4 Å².